The molecule has 0 saturated heterocycles. The van der Waals surface area contributed by atoms with Gasteiger partial charge in [0.25, 0.3) is 0 Å². The topological polar surface area (TPSA) is 20.2 Å². The number of halogens is 1. The van der Waals surface area contributed by atoms with Crippen molar-refractivity contribution in [2.75, 3.05) is 0 Å². The van der Waals surface area contributed by atoms with Crippen molar-refractivity contribution in [3.63, 3.8) is 0 Å². The Hall–Kier alpha value is -0.890. The average Bonchev–Trinajstić information content (AvgIpc) is 1.93. The number of aliphatic hydroxyl groups excluding tert-OH is 1. The van der Waals surface area contributed by atoms with Crippen LogP contribution in [0.2, 0.25) is 0 Å². The molecule has 0 bridgehead atoms. The summed E-state index contributed by atoms with van der Waals surface area (Å²) in [6.07, 6.45) is -0.0981. The number of hydrogen-bond donors (Lipinski definition) is 1. The lowest BCUT2D eigenvalue weighted by molar-refractivity contribution is 0.194. The van der Waals surface area contributed by atoms with E-state index in [2.05, 4.69) is 0 Å². The van der Waals surface area contributed by atoms with Crippen molar-refractivity contribution in [3.8, 4) is 0 Å². The van der Waals surface area contributed by atoms with Gasteiger partial charge in [-0.2, -0.15) is 0 Å². The molecule has 1 aromatic carbocycles. The highest BCUT2D eigenvalue weighted by Crippen LogP contribution is 2.08. The first kappa shape index (κ1) is 8.21. The van der Waals surface area contributed by atoms with Crippen LogP contribution in [0.25, 0.3) is 0 Å². The quantitative estimate of drug-likeness (QED) is 0.688. The maximum absolute atomic E-state index is 12.8. The van der Waals surface area contributed by atoms with Gasteiger partial charge in [-0.05, 0) is 18.6 Å². The monoisotopic (exact) mass is 154 g/mol. The van der Waals surface area contributed by atoms with Gasteiger partial charge in [-0.15, -0.1) is 0 Å². The fraction of sp³-hybridized carbons (Fsp3) is 0.333. The van der Waals surface area contributed by atoms with Crippen LogP contribution in [0.1, 0.15) is 12.5 Å². The summed E-state index contributed by atoms with van der Waals surface area (Å²) in [6.45, 7) is 1.65. The van der Waals surface area contributed by atoms with Gasteiger partial charge in [0.2, 0.25) is 0 Å². The molecule has 1 N–H and O–H groups in total. The van der Waals surface area contributed by atoms with Crippen LogP contribution in [-0.2, 0) is 6.42 Å². The fourth-order valence-corrected chi connectivity index (χ4v) is 0.982. The van der Waals surface area contributed by atoms with Crippen LogP contribution in [0.5, 0.6) is 0 Å². The average molecular weight is 154 g/mol. The Kier molecular flexibility index (Phi) is 2.60. The minimum absolute atomic E-state index is 0.242. The Morgan fingerprint density at radius 1 is 1.45 bits per heavy atom. The van der Waals surface area contributed by atoms with E-state index < -0.39 is 6.10 Å². The van der Waals surface area contributed by atoms with E-state index in [1.54, 1.807) is 25.1 Å². The highest BCUT2D eigenvalue weighted by molar-refractivity contribution is 5.17. The zero-order valence-corrected chi connectivity index (χ0v) is 6.42. The predicted octanol–water partition coefficient (Wildman–Crippen LogP) is 1.75. The molecule has 0 heterocycles. The van der Waals surface area contributed by atoms with E-state index in [1.807, 2.05) is 0 Å². The second-order valence-electron chi connectivity index (χ2n) is 2.64. The number of rotatable bonds is 2. The lowest BCUT2D eigenvalue weighted by atomic mass is 10.1. The molecule has 1 rings (SSSR count). The molecule has 1 aromatic rings. The summed E-state index contributed by atoms with van der Waals surface area (Å²) in [5.41, 5.74) is 0.572. The SMILES string of the molecule is C[C@H](O)Cc1ccccc1F. The van der Waals surface area contributed by atoms with E-state index in [0.717, 1.165) is 0 Å². The molecule has 0 aromatic heterocycles. The molecule has 11 heavy (non-hydrogen) atoms. The zero-order chi connectivity index (χ0) is 8.27. The normalized spacial score (nSPS) is 13.0. The second kappa shape index (κ2) is 3.49. The van der Waals surface area contributed by atoms with Crippen molar-refractivity contribution in [2.45, 2.75) is 19.4 Å². The number of hydrogen-bond acceptors (Lipinski definition) is 1. The maximum atomic E-state index is 12.8. The van der Waals surface area contributed by atoms with Gasteiger partial charge in [-0.25, -0.2) is 4.39 Å². The van der Waals surface area contributed by atoms with Gasteiger partial charge in [0, 0.05) is 6.42 Å². The molecule has 0 fully saturated rings. The summed E-state index contributed by atoms with van der Waals surface area (Å²) in [5, 5.41) is 8.96. The van der Waals surface area contributed by atoms with Gasteiger partial charge in [0.1, 0.15) is 5.82 Å². The van der Waals surface area contributed by atoms with Crippen molar-refractivity contribution < 1.29 is 9.50 Å². The predicted molar refractivity (Wildman–Crippen MR) is 41.8 cm³/mol. The van der Waals surface area contributed by atoms with Crippen LogP contribution in [0.4, 0.5) is 4.39 Å². The van der Waals surface area contributed by atoms with Crippen molar-refractivity contribution in [3.05, 3.63) is 35.6 Å². The zero-order valence-electron chi connectivity index (χ0n) is 6.42. The molecule has 0 amide bonds. The molecule has 0 unspecified atom stereocenters. The third-order valence-electron chi connectivity index (χ3n) is 1.47. The Morgan fingerprint density at radius 3 is 2.64 bits per heavy atom. The Morgan fingerprint density at radius 2 is 2.09 bits per heavy atom. The lowest BCUT2D eigenvalue weighted by Crippen LogP contribution is -2.05. The smallest absolute Gasteiger partial charge is 0.126 e. The maximum Gasteiger partial charge on any atom is 0.126 e. The molecule has 0 radical (unpaired) electrons. The Balaban J connectivity index is 2.78. The van der Waals surface area contributed by atoms with Gasteiger partial charge in [0.15, 0.2) is 0 Å². The van der Waals surface area contributed by atoms with E-state index >= 15 is 0 Å². The first-order valence-electron chi connectivity index (χ1n) is 3.61. The third-order valence-corrected chi connectivity index (χ3v) is 1.47. The van der Waals surface area contributed by atoms with Crippen LogP contribution in [0, 0.1) is 5.82 Å². The molecule has 0 spiro atoms. The van der Waals surface area contributed by atoms with Gasteiger partial charge in [0.05, 0.1) is 6.10 Å². The van der Waals surface area contributed by atoms with E-state index in [9.17, 15) is 4.39 Å². The highest BCUT2D eigenvalue weighted by atomic mass is 19.1. The van der Waals surface area contributed by atoms with Crippen molar-refractivity contribution >= 4 is 0 Å². The molecule has 1 atom stereocenters. The van der Waals surface area contributed by atoms with E-state index in [-0.39, 0.29) is 5.82 Å². The first-order chi connectivity index (χ1) is 5.20. The van der Waals surface area contributed by atoms with Crippen LogP contribution < -0.4 is 0 Å². The number of aliphatic hydroxyl groups is 1. The van der Waals surface area contributed by atoms with Crippen molar-refractivity contribution in [1.82, 2.24) is 0 Å². The molecule has 60 valence electrons. The number of benzene rings is 1. The summed E-state index contributed by atoms with van der Waals surface area (Å²) in [4.78, 5) is 0. The summed E-state index contributed by atoms with van der Waals surface area (Å²) < 4.78 is 12.8. The minimum atomic E-state index is -0.480. The van der Waals surface area contributed by atoms with Gasteiger partial charge < -0.3 is 5.11 Å². The van der Waals surface area contributed by atoms with Crippen LogP contribution in [0.3, 0.4) is 0 Å². The molecule has 0 aliphatic carbocycles. The summed E-state index contributed by atoms with van der Waals surface area (Å²) >= 11 is 0. The second-order valence-corrected chi connectivity index (χ2v) is 2.64. The molecule has 0 aliphatic heterocycles. The molecular formula is C9H11FO. The van der Waals surface area contributed by atoms with Crippen LogP contribution >= 0.6 is 0 Å². The summed E-state index contributed by atoms with van der Waals surface area (Å²) in [5.74, 6) is -0.242. The van der Waals surface area contributed by atoms with Crippen molar-refractivity contribution in [2.24, 2.45) is 0 Å². The fourth-order valence-electron chi connectivity index (χ4n) is 0.982. The van der Waals surface area contributed by atoms with Crippen LogP contribution in [0.15, 0.2) is 24.3 Å². The molecule has 0 saturated carbocycles. The van der Waals surface area contributed by atoms with Gasteiger partial charge in [-0.1, -0.05) is 18.2 Å². The third kappa shape index (κ3) is 2.31. The van der Waals surface area contributed by atoms with Crippen molar-refractivity contribution in [1.29, 1.82) is 0 Å². The molecule has 2 heteroatoms. The largest absolute Gasteiger partial charge is 0.393 e. The van der Waals surface area contributed by atoms with Gasteiger partial charge >= 0.3 is 0 Å². The molecule has 0 aliphatic rings. The lowest BCUT2D eigenvalue weighted by Gasteiger charge is -2.04. The summed E-state index contributed by atoms with van der Waals surface area (Å²) in [6, 6.07) is 6.49. The standard InChI is InChI=1S/C9H11FO/c1-7(11)6-8-4-2-3-5-9(8)10/h2-5,7,11H,6H2,1H3/t7-/m0/s1. The van der Waals surface area contributed by atoms with Crippen LogP contribution in [-0.4, -0.2) is 11.2 Å². The minimum Gasteiger partial charge on any atom is -0.393 e. The van der Waals surface area contributed by atoms with E-state index in [0.29, 0.717) is 12.0 Å². The van der Waals surface area contributed by atoms with E-state index in [1.165, 1.54) is 6.07 Å². The summed E-state index contributed by atoms with van der Waals surface area (Å²) in [7, 11) is 0. The Bertz CT molecular complexity index is 233. The van der Waals surface area contributed by atoms with E-state index in [4.69, 9.17) is 5.11 Å². The molecule has 1 nitrogen and oxygen atoms in total. The molecular weight excluding hydrogens is 143 g/mol. The Labute approximate surface area is 65.5 Å². The first-order valence-corrected chi connectivity index (χ1v) is 3.61. The highest BCUT2D eigenvalue weighted by Gasteiger charge is 2.02. The van der Waals surface area contributed by atoms with Gasteiger partial charge in [-0.3, -0.25) is 0 Å².